The average molecular weight is 125 g/mol. The maximum Gasteiger partial charge on any atom is 0.320 e. The van der Waals surface area contributed by atoms with E-state index in [2.05, 4.69) is 4.74 Å². The van der Waals surface area contributed by atoms with Gasteiger partial charge in [-0.1, -0.05) is 0 Å². The molecule has 0 aliphatic carbocycles. The van der Waals surface area contributed by atoms with Crippen molar-refractivity contribution >= 4 is 17.6 Å². The third-order valence-corrected chi connectivity index (χ3v) is 0.507. The van der Waals surface area contributed by atoms with Crippen molar-refractivity contribution in [3.63, 3.8) is 0 Å². The highest BCUT2D eigenvalue weighted by molar-refractivity contribution is 6.26. The Hall–Kier alpha value is -0.240. The second-order valence-electron chi connectivity index (χ2n) is 0.815. The molecule has 42 valence electrons. The summed E-state index contributed by atoms with van der Waals surface area (Å²) in [5.74, 6) is -3.41. The first-order valence-corrected chi connectivity index (χ1v) is 2.22. The van der Waals surface area contributed by atoms with Crippen LogP contribution in [0.25, 0.3) is 0 Å². The zero-order valence-electron chi connectivity index (χ0n) is 5.90. The normalized spacial score (nSPS) is 14.6. The van der Waals surface area contributed by atoms with E-state index in [9.17, 15) is 4.79 Å². The SMILES string of the molecule is [2H]C([2H])(Cl)C(=O)OCC. The van der Waals surface area contributed by atoms with Crippen LogP contribution in [0.5, 0.6) is 0 Å². The van der Waals surface area contributed by atoms with Gasteiger partial charge in [-0.05, 0) is 6.92 Å². The van der Waals surface area contributed by atoms with Gasteiger partial charge < -0.3 is 4.74 Å². The number of hydrogen-bond acceptors (Lipinski definition) is 2. The molecule has 0 bridgehead atoms. The molecule has 0 atom stereocenters. The molecule has 0 aromatic carbocycles. The molecule has 0 spiro atoms. The van der Waals surface area contributed by atoms with Gasteiger partial charge in [0.25, 0.3) is 0 Å². The minimum atomic E-state index is -2.38. The molecular weight excluding hydrogens is 115 g/mol. The van der Waals surface area contributed by atoms with Crippen molar-refractivity contribution in [2.24, 2.45) is 0 Å². The molecule has 3 heteroatoms. The van der Waals surface area contributed by atoms with Gasteiger partial charge in [-0.2, -0.15) is 0 Å². The van der Waals surface area contributed by atoms with Crippen LogP contribution in [0, 0.1) is 0 Å². The molecule has 0 N–H and O–H groups in total. The molecule has 0 amide bonds. The van der Waals surface area contributed by atoms with Gasteiger partial charge >= 0.3 is 5.97 Å². The van der Waals surface area contributed by atoms with Gasteiger partial charge in [-0.3, -0.25) is 4.79 Å². The number of rotatable bonds is 2. The Kier molecular flexibility index (Phi) is 2.09. The number of carbonyl (C=O) groups is 1. The predicted molar refractivity (Wildman–Crippen MR) is 27.4 cm³/mol. The standard InChI is InChI=1S/C4H7ClO2/c1-2-7-4(6)3-5/h2-3H2,1H3/i3D2. The maximum absolute atomic E-state index is 10.3. The third kappa shape index (κ3) is 3.59. The lowest BCUT2D eigenvalue weighted by Gasteiger charge is -1.92. The molecule has 0 rings (SSSR count). The number of carbonyl (C=O) groups excluding carboxylic acids is 1. The molecule has 0 aliphatic heterocycles. The van der Waals surface area contributed by atoms with Gasteiger partial charge in [0.1, 0.15) is 5.83 Å². The van der Waals surface area contributed by atoms with E-state index in [1.54, 1.807) is 6.92 Å². The highest BCUT2D eigenvalue weighted by Gasteiger charge is 1.93. The molecule has 0 aromatic rings. The second-order valence-corrected chi connectivity index (χ2v) is 1.00. The minimum Gasteiger partial charge on any atom is -0.465 e. The van der Waals surface area contributed by atoms with E-state index in [1.165, 1.54) is 0 Å². The molecule has 0 saturated carbocycles. The summed E-state index contributed by atoms with van der Waals surface area (Å²) in [4.78, 5) is 10.3. The van der Waals surface area contributed by atoms with Gasteiger partial charge in [-0.15, -0.1) is 11.6 Å². The van der Waals surface area contributed by atoms with E-state index < -0.39 is 11.8 Å². The fourth-order valence-corrected chi connectivity index (χ4v) is 0.213. The summed E-state index contributed by atoms with van der Waals surface area (Å²) in [6.07, 6.45) is 0. The summed E-state index contributed by atoms with van der Waals surface area (Å²) >= 11 is 4.92. The van der Waals surface area contributed by atoms with Gasteiger partial charge in [0.2, 0.25) is 0 Å². The van der Waals surface area contributed by atoms with Crippen LogP contribution in [0.15, 0.2) is 0 Å². The molecule has 0 unspecified atom stereocenters. The van der Waals surface area contributed by atoms with Crippen LogP contribution in [-0.2, 0) is 9.53 Å². The van der Waals surface area contributed by atoms with Crippen LogP contribution in [0.1, 0.15) is 9.67 Å². The summed E-state index contributed by atoms with van der Waals surface area (Å²) < 4.78 is 17.5. The number of esters is 1. The summed E-state index contributed by atoms with van der Waals surface area (Å²) in [6.45, 7) is 1.73. The zero-order chi connectivity index (χ0) is 7.49. The third-order valence-electron chi connectivity index (χ3n) is 0.353. The van der Waals surface area contributed by atoms with Gasteiger partial charge in [0, 0.05) is 0 Å². The Balaban J connectivity index is 3.74. The fraction of sp³-hybridized carbons (Fsp3) is 0.750. The maximum atomic E-state index is 10.3. The monoisotopic (exact) mass is 124 g/mol. The Bertz CT molecular complexity index is 110. The first-order valence-electron chi connectivity index (χ1n) is 2.84. The van der Waals surface area contributed by atoms with Crippen molar-refractivity contribution in [1.29, 1.82) is 0 Å². The fourth-order valence-electron chi connectivity index (χ4n) is 0.158. The van der Waals surface area contributed by atoms with Crippen LogP contribution in [0.3, 0.4) is 0 Å². The second kappa shape index (κ2) is 3.93. The summed E-state index contributed by atoms with van der Waals surface area (Å²) in [7, 11) is 0. The quantitative estimate of drug-likeness (QED) is 0.402. The van der Waals surface area contributed by atoms with Gasteiger partial charge in [0.05, 0.1) is 9.35 Å². The molecule has 0 saturated heterocycles. The lowest BCUT2D eigenvalue weighted by Crippen LogP contribution is -2.03. The Morgan fingerprint density at radius 2 is 2.71 bits per heavy atom. The number of ether oxygens (including phenoxy) is 1. The molecule has 0 radical (unpaired) electrons. The number of hydrogen-bond donors (Lipinski definition) is 0. The van der Waals surface area contributed by atoms with Crippen LogP contribution < -0.4 is 0 Å². The van der Waals surface area contributed by atoms with E-state index in [0.717, 1.165) is 0 Å². The van der Waals surface area contributed by atoms with Gasteiger partial charge in [-0.25, -0.2) is 0 Å². The van der Waals surface area contributed by atoms with Crippen molar-refractivity contribution < 1.29 is 12.3 Å². The Morgan fingerprint density at radius 1 is 2.14 bits per heavy atom. The number of alkyl halides is 1. The molecule has 7 heavy (non-hydrogen) atoms. The Labute approximate surface area is 50.2 Å². The van der Waals surface area contributed by atoms with E-state index >= 15 is 0 Å². The Morgan fingerprint density at radius 3 is 2.86 bits per heavy atom. The van der Waals surface area contributed by atoms with Crippen molar-refractivity contribution in [3.8, 4) is 0 Å². The van der Waals surface area contributed by atoms with Crippen LogP contribution >= 0.6 is 11.6 Å². The van der Waals surface area contributed by atoms with Crippen molar-refractivity contribution in [3.05, 3.63) is 0 Å². The lowest BCUT2D eigenvalue weighted by atomic mass is 10.8. The molecule has 0 aliphatic rings. The molecule has 0 aromatic heterocycles. The largest absolute Gasteiger partial charge is 0.465 e. The molecular formula is C4H7ClO2. The smallest absolute Gasteiger partial charge is 0.320 e. The molecule has 0 heterocycles. The van der Waals surface area contributed by atoms with Crippen molar-refractivity contribution in [2.75, 3.05) is 12.4 Å². The predicted octanol–water partition coefficient (Wildman–Crippen LogP) is 0.788. The van der Waals surface area contributed by atoms with Crippen LogP contribution in [0.4, 0.5) is 0 Å². The van der Waals surface area contributed by atoms with Gasteiger partial charge in [0.15, 0.2) is 0 Å². The molecule has 0 fully saturated rings. The van der Waals surface area contributed by atoms with E-state index in [1.807, 2.05) is 0 Å². The lowest BCUT2D eigenvalue weighted by molar-refractivity contribution is -0.140. The summed E-state index contributed by atoms with van der Waals surface area (Å²) in [5, 5.41) is 0. The highest BCUT2D eigenvalue weighted by Crippen LogP contribution is 1.79. The van der Waals surface area contributed by atoms with E-state index in [4.69, 9.17) is 14.3 Å². The van der Waals surface area contributed by atoms with Crippen LogP contribution in [-0.4, -0.2) is 18.4 Å². The van der Waals surface area contributed by atoms with E-state index in [-0.39, 0.29) is 6.61 Å². The summed E-state index contributed by atoms with van der Waals surface area (Å²) in [6, 6.07) is 0. The van der Waals surface area contributed by atoms with Crippen molar-refractivity contribution in [1.82, 2.24) is 0 Å². The summed E-state index contributed by atoms with van der Waals surface area (Å²) in [5.41, 5.74) is 0. The first kappa shape index (κ1) is 3.72. The van der Waals surface area contributed by atoms with E-state index in [0.29, 0.717) is 0 Å². The highest BCUT2D eigenvalue weighted by atomic mass is 35.5. The average Bonchev–Trinajstić information content (AvgIpc) is 1.64. The van der Waals surface area contributed by atoms with Crippen molar-refractivity contribution in [2.45, 2.75) is 6.92 Å². The zero-order valence-corrected chi connectivity index (χ0v) is 4.66. The first-order chi connectivity index (χ1) is 3.98. The van der Waals surface area contributed by atoms with Crippen LogP contribution in [0.2, 0.25) is 0 Å². The number of halogens is 1. The minimum absolute atomic E-state index is 0.144. The topological polar surface area (TPSA) is 26.3 Å². The molecule has 2 nitrogen and oxygen atoms in total.